The zero-order valence-electron chi connectivity index (χ0n) is 13.3. The quantitative estimate of drug-likeness (QED) is 0.888. The molecule has 2 atom stereocenters. The third-order valence-corrected chi connectivity index (χ3v) is 4.88. The van der Waals surface area contributed by atoms with Crippen LogP contribution in [0.2, 0.25) is 0 Å². The first-order chi connectivity index (χ1) is 10.3. The van der Waals surface area contributed by atoms with Gasteiger partial charge < -0.3 is 15.3 Å². The summed E-state index contributed by atoms with van der Waals surface area (Å²) in [6.45, 7) is 6.58. The van der Waals surface area contributed by atoms with Crippen molar-refractivity contribution in [3.05, 3.63) is 22.4 Å². The highest BCUT2D eigenvalue weighted by Crippen LogP contribution is 2.23. The molecular formula is C16H24N2O3S. The van der Waals surface area contributed by atoms with Crippen LogP contribution in [0.1, 0.15) is 43.3 Å². The number of rotatable bonds is 4. The highest BCUT2D eigenvalue weighted by atomic mass is 32.1. The Morgan fingerprint density at radius 2 is 2.23 bits per heavy atom. The lowest BCUT2D eigenvalue weighted by Gasteiger charge is -2.28. The number of nitrogens with zero attached hydrogens (tertiary/aromatic N) is 1. The van der Waals surface area contributed by atoms with Gasteiger partial charge in [-0.15, -0.1) is 11.3 Å². The van der Waals surface area contributed by atoms with Crippen molar-refractivity contribution in [2.75, 3.05) is 13.1 Å². The lowest BCUT2D eigenvalue weighted by Crippen LogP contribution is -2.48. The minimum absolute atomic E-state index is 0.0796. The molecule has 1 aromatic rings. The van der Waals surface area contributed by atoms with E-state index < -0.39 is 12.1 Å². The van der Waals surface area contributed by atoms with Crippen molar-refractivity contribution in [1.29, 1.82) is 0 Å². The van der Waals surface area contributed by atoms with E-state index in [-0.39, 0.29) is 23.8 Å². The number of amides is 2. The zero-order valence-corrected chi connectivity index (χ0v) is 14.2. The largest absolute Gasteiger partial charge is 0.391 e. The maximum atomic E-state index is 12.4. The molecule has 5 nitrogen and oxygen atoms in total. The number of carbonyl (C=O) groups excluding carboxylic acids is 2. The van der Waals surface area contributed by atoms with Crippen LogP contribution in [0.4, 0.5) is 0 Å². The second-order valence-corrected chi connectivity index (χ2v) is 7.71. The molecule has 1 aliphatic rings. The number of aliphatic hydroxyl groups is 1. The molecule has 22 heavy (non-hydrogen) atoms. The number of thiophene rings is 1. The van der Waals surface area contributed by atoms with E-state index in [4.69, 9.17) is 0 Å². The molecule has 2 rings (SSSR count). The van der Waals surface area contributed by atoms with Gasteiger partial charge in [0, 0.05) is 13.1 Å². The van der Waals surface area contributed by atoms with Crippen LogP contribution in [0, 0.1) is 5.41 Å². The molecular weight excluding hydrogens is 300 g/mol. The number of hydrogen-bond acceptors (Lipinski definition) is 4. The molecule has 2 heterocycles. The smallest absolute Gasteiger partial charge is 0.264 e. The van der Waals surface area contributed by atoms with E-state index in [0.717, 1.165) is 6.42 Å². The van der Waals surface area contributed by atoms with E-state index in [0.29, 0.717) is 17.8 Å². The van der Waals surface area contributed by atoms with Crippen LogP contribution in [0.3, 0.4) is 0 Å². The summed E-state index contributed by atoms with van der Waals surface area (Å²) in [5.74, 6) is -0.255. The zero-order chi connectivity index (χ0) is 16.3. The van der Waals surface area contributed by atoms with Gasteiger partial charge in [-0.05, 0) is 29.7 Å². The molecule has 1 aliphatic heterocycles. The maximum Gasteiger partial charge on any atom is 0.264 e. The fourth-order valence-electron chi connectivity index (χ4n) is 2.45. The Labute approximate surface area is 135 Å². The average molecular weight is 324 g/mol. The summed E-state index contributed by atoms with van der Waals surface area (Å²) in [5.41, 5.74) is -0.282. The standard InChI is InChI=1S/C16H24N2O3S/c1-16(2,3)13(19)10-17-14(20)11-6-4-8-18(11)15(21)12-7-5-9-22-12/h5,7,9,11,13,19H,4,6,8,10H2,1-3H3,(H,17,20)/t11-,13?/m0/s1. The number of hydrogen-bond donors (Lipinski definition) is 2. The summed E-state index contributed by atoms with van der Waals surface area (Å²) < 4.78 is 0. The van der Waals surface area contributed by atoms with Crippen molar-refractivity contribution < 1.29 is 14.7 Å². The number of aliphatic hydroxyl groups excluding tert-OH is 1. The Hall–Kier alpha value is -1.40. The fraction of sp³-hybridized carbons (Fsp3) is 0.625. The SMILES string of the molecule is CC(C)(C)C(O)CNC(=O)[C@@H]1CCCN1C(=O)c1cccs1. The molecule has 1 aromatic heterocycles. The summed E-state index contributed by atoms with van der Waals surface area (Å²) >= 11 is 1.39. The third kappa shape index (κ3) is 3.87. The third-order valence-electron chi connectivity index (χ3n) is 4.02. The van der Waals surface area contributed by atoms with E-state index in [1.54, 1.807) is 11.0 Å². The lowest BCUT2D eigenvalue weighted by atomic mass is 9.89. The Balaban J connectivity index is 1.95. The monoisotopic (exact) mass is 324 g/mol. The first-order valence-electron chi connectivity index (χ1n) is 7.61. The van der Waals surface area contributed by atoms with Crippen molar-refractivity contribution in [1.82, 2.24) is 10.2 Å². The van der Waals surface area contributed by atoms with E-state index in [9.17, 15) is 14.7 Å². The van der Waals surface area contributed by atoms with E-state index in [2.05, 4.69) is 5.32 Å². The van der Waals surface area contributed by atoms with Crippen molar-refractivity contribution in [2.24, 2.45) is 5.41 Å². The average Bonchev–Trinajstić information content (AvgIpc) is 3.12. The molecule has 1 fully saturated rings. The highest BCUT2D eigenvalue weighted by Gasteiger charge is 2.35. The van der Waals surface area contributed by atoms with Crippen molar-refractivity contribution >= 4 is 23.2 Å². The van der Waals surface area contributed by atoms with Gasteiger partial charge in [-0.3, -0.25) is 9.59 Å². The van der Waals surface area contributed by atoms with Crippen LogP contribution in [-0.2, 0) is 4.79 Å². The first-order valence-corrected chi connectivity index (χ1v) is 8.49. The summed E-state index contributed by atoms with van der Waals surface area (Å²) in [7, 11) is 0. The van der Waals surface area contributed by atoms with Gasteiger partial charge in [-0.1, -0.05) is 26.8 Å². The number of carbonyl (C=O) groups is 2. The van der Waals surface area contributed by atoms with Crippen LogP contribution < -0.4 is 5.32 Å². The van der Waals surface area contributed by atoms with Gasteiger partial charge in [0.1, 0.15) is 6.04 Å². The van der Waals surface area contributed by atoms with Gasteiger partial charge in [-0.25, -0.2) is 0 Å². The lowest BCUT2D eigenvalue weighted by molar-refractivity contribution is -0.125. The molecule has 0 radical (unpaired) electrons. The predicted molar refractivity (Wildman–Crippen MR) is 86.8 cm³/mol. The van der Waals surface area contributed by atoms with Gasteiger partial charge in [0.2, 0.25) is 5.91 Å². The first kappa shape index (κ1) is 17.0. The Bertz CT molecular complexity index is 522. The Kier molecular flexibility index (Phi) is 5.24. The van der Waals surface area contributed by atoms with Crippen LogP contribution >= 0.6 is 11.3 Å². The topological polar surface area (TPSA) is 69.6 Å². The van der Waals surface area contributed by atoms with Crippen LogP contribution in [-0.4, -0.2) is 47.1 Å². The molecule has 122 valence electrons. The summed E-state index contributed by atoms with van der Waals surface area (Å²) in [5, 5.41) is 14.6. The van der Waals surface area contributed by atoms with E-state index in [1.807, 2.05) is 32.2 Å². The number of nitrogens with one attached hydrogen (secondary N) is 1. The molecule has 2 amide bonds. The van der Waals surface area contributed by atoms with Crippen molar-refractivity contribution in [2.45, 2.75) is 45.8 Å². The van der Waals surface area contributed by atoms with Gasteiger partial charge in [-0.2, -0.15) is 0 Å². The van der Waals surface area contributed by atoms with Crippen LogP contribution in [0.5, 0.6) is 0 Å². The molecule has 6 heteroatoms. The Morgan fingerprint density at radius 1 is 1.50 bits per heavy atom. The molecule has 0 bridgehead atoms. The molecule has 0 aromatic carbocycles. The Morgan fingerprint density at radius 3 is 2.82 bits per heavy atom. The van der Waals surface area contributed by atoms with Crippen LogP contribution in [0.15, 0.2) is 17.5 Å². The summed E-state index contributed by atoms with van der Waals surface area (Å²) in [6, 6.07) is 3.19. The predicted octanol–water partition coefficient (Wildman–Crippen LogP) is 1.88. The molecule has 0 saturated carbocycles. The molecule has 1 saturated heterocycles. The number of likely N-dealkylation sites (tertiary alicyclic amines) is 1. The summed E-state index contributed by atoms with van der Waals surface area (Å²) in [6.07, 6.45) is 0.894. The highest BCUT2D eigenvalue weighted by molar-refractivity contribution is 7.12. The molecule has 0 aliphatic carbocycles. The van der Waals surface area contributed by atoms with Crippen molar-refractivity contribution in [3.63, 3.8) is 0 Å². The van der Waals surface area contributed by atoms with Gasteiger partial charge >= 0.3 is 0 Å². The van der Waals surface area contributed by atoms with E-state index in [1.165, 1.54) is 11.3 Å². The van der Waals surface area contributed by atoms with Crippen LogP contribution in [0.25, 0.3) is 0 Å². The molecule has 1 unspecified atom stereocenters. The molecule has 2 N–H and O–H groups in total. The van der Waals surface area contributed by atoms with E-state index >= 15 is 0 Å². The normalized spacial score (nSPS) is 20.0. The second-order valence-electron chi connectivity index (χ2n) is 6.76. The van der Waals surface area contributed by atoms with Crippen molar-refractivity contribution in [3.8, 4) is 0 Å². The van der Waals surface area contributed by atoms with Gasteiger partial charge in [0.05, 0.1) is 11.0 Å². The minimum atomic E-state index is -0.612. The second kappa shape index (κ2) is 6.79. The fourth-order valence-corrected chi connectivity index (χ4v) is 3.12. The maximum absolute atomic E-state index is 12.4. The van der Waals surface area contributed by atoms with Gasteiger partial charge in [0.25, 0.3) is 5.91 Å². The molecule has 0 spiro atoms. The minimum Gasteiger partial charge on any atom is -0.391 e. The summed E-state index contributed by atoms with van der Waals surface area (Å²) in [4.78, 5) is 27.1. The van der Waals surface area contributed by atoms with Gasteiger partial charge in [0.15, 0.2) is 0 Å².